The topological polar surface area (TPSA) is 75.1 Å². The summed E-state index contributed by atoms with van der Waals surface area (Å²) < 4.78 is 0. The molecular formula is C19H23N3O2. The largest absolute Gasteiger partial charge is 0.478 e. The predicted octanol–water partition coefficient (Wildman–Crippen LogP) is 5.12. The molecule has 0 fully saturated rings. The van der Waals surface area contributed by atoms with Gasteiger partial charge >= 0.3 is 5.97 Å². The minimum atomic E-state index is -0.971. The summed E-state index contributed by atoms with van der Waals surface area (Å²) in [5.41, 5.74) is 1.79. The third kappa shape index (κ3) is 4.78. The Morgan fingerprint density at radius 3 is 2.25 bits per heavy atom. The van der Waals surface area contributed by atoms with Crippen molar-refractivity contribution in [3.63, 3.8) is 0 Å². The molecule has 0 aliphatic rings. The number of carbonyl (C=O) groups is 1. The average Bonchev–Trinajstić information content (AvgIpc) is 2.66. The van der Waals surface area contributed by atoms with Crippen LogP contribution in [0.4, 0.5) is 11.5 Å². The quantitative estimate of drug-likeness (QED) is 0.698. The normalized spacial score (nSPS) is 9.17. The van der Waals surface area contributed by atoms with Crippen molar-refractivity contribution < 1.29 is 9.90 Å². The highest BCUT2D eigenvalue weighted by Gasteiger charge is 2.08. The van der Waals surface area contributed by atoms with Crippen LogP contribution >= 0.6 is 0 Å². The van der Waals surface area contributed by atoms with Crippen LogP contribution in [0, 0.1) is 0 Å². The molecule has 24 heavy (non-hydrogen) atoms. The third-order valence-electron chi connectivity index (χ3n) is 2.92. The van der Waals surface area contributed by atoms with E-state index < -0.39 is 5.97 Å². The zero-order chi connectivity index (χ0) is 17.9. The molecule has 0 saturated carbocycles. The molecule has 0 radical (unpaired) electrons. The van der Waals surface area contributed by atoms with E-state index in [-0.39, 0.29) is 5.56 Å². The van der Waals surface area contributed by atoms with Crippen molar-refractivity contribution >= 4 is 28.4 Å². The van der Waals surface area contributed by atoms with Gasteiger partial charge in [-0.25, -0.2) is 14.8 Å². The van der Waals surface area contributed by atoms with E-state index in [9.17, 15) is 4.79 Å². The van der Waals surface area contributed by atoms with Crippen LogP contribution < -0.4 is 5.32 Å². The number of hydrogen-bond acceptors (Lipinski definition) is 4. The number of carboxylic acids is 1. The maximum absolute atomic E-state index is 11.1. The lowest BCUT2D eigenvalue weighted by Gasteiger charge is -2.08. The fourth-order valence-corrected chi connectivity index (χ4v) is 1.95. The van der Waals surface area contributed by atoms with Crippen molar-refractivity contribution in [3.05, 3.63) is 60.4 Å². The average molecular weight is 325 g/mol. The molecule has 3 aromatic rings. The molecule has 0 aliphatic carbocycles. The van der Waals surface area contributed by atoms with Gasteiger partial charge in [-0.1, -0.05) is 45.9 Å². The lowest BCUT2D eigenvalue weighted by molar-refractivity contribution is 0.0697. The van der Waals surface area contributed by atoms with E-state index in [4.69, 9.17) is 5.11 Å². The van der Waals surface area contributed by atoms with Crippen molar-refractivity contribution in [1.82, 2.24) is 9.97 Å². The highest BCUT2D eigenvalue weighted by molar-refractivity contribution is 5.97. The molecular weight excluding hydrogens is 302 g/mol. The molecule has 0 unspecified atom stereocenters. The van der Waals surface area contributed by atoms with Crippen molar-refractivity contribution in [2.24, 2.45) is 0 Å². The summed E-state index contributed by atoms with van der Waals surface area (Å²) in [6.07, 6.45) is 1.45. The smallest absolute Gasteiger partial charge is 0.335 e. The Bertz CT molecular complexity index is 774. The van der Waals surface area contributed by atoms with Crippen LogP contribution in [-0.2, 0) is 0 Å². The fraction of sp³-hybridized carbons (Fsp3) is 0.211. The molecule has 5 heteroatoms. The fourth-order valence-electron chi connectivity index (χ4n) is 1.95. The van der Waals surface area contributed by atoms with Crippen LogP contribution in [0.1, 0.15) is 38.1 Å². The summed E-state index contributed by atoms with van der Waals surface area (Å²) >= 11 is 0. The number of benzene rings is 2. The Morgan fingerprint density at radius 2 is 1.62 bits per heavy atom. The van der Waals surface area contributed by atoms with Gasteiger partial charge in [0.2, 0.25) is 0 Å². The van der Waals surface area contributed by atoms with Crippen LogP contribution in [0.15, 0.2) is 54.9 Å². The summed E-state index contributed by atoms with van der Waals surface area (Å²) in [5, 5.41) is 12.9. The van der Waals surface area contributed by atoms with E-state index in [1.165, 1.54) is 12.4 Å². The van der Waals surface area contributed by atoms with Crippen LogP contribution in [0.25, 0.3) is 10.9 Å². The van der Waals surface area contributed by atoms with Gasteiger partial charge in [0.25, 0.3) is 0 Å². The molecule has 5 nitrogen and oxygen atoms in total. The Morgan fingerprint density at radius 1 is 0.958 bits per heavy atom. The van der Waals surface area contributed by atoms with E-state index in [0.717, 1.165) is 5.69 Å². The molecule has 2 aromatic carbocycles. The van der Waals surface area contributed by atoms with E-state index in [1.807, 2.05) is 58.0 Å². The highest BCUT2D eigenvalue weighted by atomic mass is 16.4. The summed E-state index contributed by atoms with van der Waals surface area (Å²) in [6.45, 7) is 8.00. The van der Waals surface area contributed by atoms with Gasteiger partial charge in [0, 0.05) is 11.1 Å². The molecule has 126 valence electrons. The van der Waals surface area contributed by atoms with Crippen molar-refractivity contribution in [2.75, 3.05) is 5.32 Å². The summed E-state index contributed by atoms with van der Waals surface area (Å²) in [7, 11) is 0. The Hall–Kier alpha value is -2.95. The molecule has 0 aliphatic heterocycles. The second-order valence-corrected chi connectivity index (χ2v) is 4.25. The number of anilines is 2. The maximum Gasteiger partial charge on any atom is 0.335 e. The van der Waals surface area contributed by atoms with E-state index in [2.05, 4.69) is 15.3 Å². The summed E-state index contributed by atoms with van der Waals surface area (Å²) in [4.78, 5) is 19.4. The van der Waals surface area contributed by atoms with Crippen molar-refractivity contribution in [3.8, 4) is 0 Å². The number of rotatable bonds is 3. The Kier molecular flexibility index (Phi) is 7.91. The number of aromatic carboxylic acids is 1. The van der Waals surface area contributed by atoms with Crippen LogP contribution in [0.3, 0.4) is 0 Å². The standard InChI is InChI=1S/C15H11N3O2.2C2H6/c19-15(20)10-6-7-13-12(8-10)14(17-9-16-13)18-11-4-2-1-3-5-11;2*1-2/h1-9H,(H,19,20)(H,16,17,18);2*1-2H3. The van der Waals surface area contributed by atoms with Gasteiger partial charge in [-0.05, 0) is 30.3 Å². The molecule has 2 N–H and O–H groups in total. The molecule has 0 atom stereocenters. The first kappa shape index (κ1) is 19.1. The second kappa shape index (κ2) is 9.94. The lowest BCUT2D eigenvalue weighted by atomic mass is 10.1. The zero-order valence-corrected chi connectivity index (χ0v) is 14.4. The molecule has 0 amide bonds. The number of nitrogens with one attached hydrogen (secondary N) is 1. The number of fused-ring (bicyclic) bond motifs is 1. The van der Waals surface area contributed by atoms with E-state index >= 15 is 0 Å². The Labute approximate surface area is 142 Å². The minimum Gasteiger partial charge on any atom is -0.478 e. The van der Waals surface area contributed by atoms with Gasteiger partial charge in [0.1, 0.15) is 12.1 Å². The van der Waals surface area contributed by atoms with Crippen molar-refractivity contribution in [2.45, 2.75) is 27.7 Å². The number of aromatic nitrogens is 2. The number of nitrogens with zero attached hydrogens (tertiary/aromatic N) is 2. The second-order valence-electron chi connectivity index (χ2n) is 4.25. The van der Waals surface area contributed by atoms with E-state index in [0.29, 0.717) is 16.7 Å². The van der Waals surface area contributed by atoms with Crippen LogP contribution in [0.5, 0.6) is 0 Å². The van der Waals surface area contributed by atoms with Crippen LogP contribution in [-0.4, -0.2) is 21.0 Å². The van der Waals surface area contributed by atoms with Gasteiger partial charge in [0.15, 0.2) is 0 Å². The van der Waals surface area contributed by atoms with Crippen LogP contribution in [0.2, 0.25) is 0 Å². The first-order valence-corrected chi connectivity index (χ1v) is 8.04. The molecule has 1 aromatic heterocycles. The van der Waals surface area contributed by atoms with Gasteiger partial charge in [-0.15, -0.1) is 0 Å². The lowest BCUT2D eigenvalue weighted by Crippen LogP contribution is -1.99. The first-order valence-electron chi connectivity index (χ1n) is 8.04. The summed E-state index contributed by atoms with van der Waals surface area (Å²) in [5.74, 6) is -0.384. The van der Waals surface area contributed by atoms with Gasteiger partial charge in [-0.2, -0.15) is 0 Å². The molecule has 3 rings (SSSR count). The summed E-state index contributed by atoms with van der Waals surface area (Å²) in [6, 6.07) is 14.3. The maximum atomic E-state index is 11.1. The number of carboxylic acid groups (broad SMARTS) is 1. The number of para-hydroxylation sites is 1. The first-order chi connectivity index (χ1) is 11.7. The SMILES string of the molecule is CC.CC.O=C(O)c1ccc2ncnc(Nc3ccccc3)c2c1. The molecule has 0 spiro atoms. The van der Waals surface area contributed by atoms with Gasteiger partial charge < -0.3 is 10.4 Å². The van der Waals surface area contributed by atoms with E-state index in [1.54, 1.807) is 12.1 Å². The monoisotopic (exact) mass is 325 g/mol. The zero-order valence-electron chi connectivity index (χ0n) is 14.4. The number of hydrogen-bond donors (Lipinski definition) is 2. The van der Waals surface area contributed by atoms with Crippen molar-refractivity contribution in [1.29, 1.82) is 0 Å². The highest BCUT2D eigenvalue weighted by Crippen LogP contribution is 2.23. The van der Waals surface area contributed by atoms with Gasteiger partial charge in [-0.3, -0.25) is 0 Å². The minimum absolute atomic E-state index is 0.211. The Balaban J connectivity index is 0.000000671. The predicted molar refractivity (Wildman–Crippen MR) is 98.9 cm³/mol. The third-order valence-corrected chi connectivity index (χ3v) is 2.92. The van der Waals surface area contributed by atoms with Gasteiger partial charge in [0.05, 0.1) is 11.1 Å². The molecule has 1 heterocycles. The molecule has 0 saturated heterocycles. The molecule has 0 bridgehead atoms.